The van der Waals surface area contributed by atoms with Crippen molar-refractivity contribution in [2.45, 2.75) is 6.54 Å². The maximum absolute atomic E-state index is 13.5. The van der Waals surface area contributed by atoms with Crippen LogP contribution in [0.1, 0.15) is 20.7 Å². The molecule has 0 aliphatic carbocycles. The number of pyridine rings is 1. The molecule has 0 bridgehead atoms. The van der Waals surface area contributed by atoms with Crippen molar-refractivity contribution in [3.05, 3.63) is 75.2 Å². The van der Waals surface area contributed by atoms with E-state index in [1.807, 2.05) is 14.1 Å². The molecule has 236 valence electrons. The van der Waals surface area contributed by atoms with E-state index in [-0.39, 0.29) is 42.4 Å². The molecular weight excluding hydrogens is 608 g/mol. The summed E-state index contributed by atoms with van der Waals surface area (Å²) in [6, 6.07) is 11.1. The normalized spacial score (nSPS) is 10.6. The summed E-state index contributed by atoms with van der Waals surface area (Å²) in [5, 5.41) is 6.55. The Balaban J connectivity index is 1.66. The van der Waals surface area contributed by atoms with Crippen LogP contribution in [0.3, 0.4) is 0 Å². The summed E-state index contributed by atoms with van der Waals surface area (Å²) < 4.78 is 22.4. The van der Waals surface area contributed by atoms with Crippen LogP contribution in [0.25, 0.3) is 10.9 Å². The molecule has 14 nitrogen and oxygen atoms in total. The minimum Gasteiger partial charge on any atom is -0.492 e. The second kappa shape index (κ2) is 14.4. The number of hydrogen-bond acceptors (Lipinski definition) is 12. The van der Waals surface area contributed by atoms with E-state index < -0.39 is 23.4 Å². The van der Waals surface area contributed by atoms with Crippen molar-refractivity contribution >= 4 is 57.8 Å². The predicted molar refractivity (Wildman–Crippen MR) is 167 cm³/mol. The number of hydrogen-bond donors (Lipinski definition) is 2. The first-order valence-electron chi connectivity index (χ1n) is 13.5. The second-order valence-corrected chi connectivity index (χ2v) is 10.0. The van der Waals surface area contributed by atoms with E-state index in [1.165, 1.54) is 50.2 Å². The Hall–Kier alpha value is -5.37. The highest BCUT2D eigenvalue weighted by atomic mass is 35.5. The third-order valence-corrected chi connectivity index (χ3v) is 6.75. The molecule has 4 rings (SSSR count). The minimum absolute atomic E-state index is 0.00402. The molecule has 0 aliphatic rings. The number of nitrogens with one attached hydrogen (secondary N) is 2. The summed E-state index contributed by atoms with van der Waals surface area (Å²) in [6.07, 6.45) is 1.49. The smallest absolute Gasteiger partial charge is 0.338 e. The van der Waals surface area contributed by atoms with Gasteiger partial charge < -0.3 is 39.0 Å². The van der Waals surface area contributed by atoms with Gasteiger partial charge in [0.2, 0.25) is 5.95 Å². The van der Waals surface area contributed by atoms with Crippen molar-refractivity contribution < 1.29 is 33.3 Å². The van der Waals surface area contributed by atoms with Gasteiger partial charge in [-0.2, -0.15) is 4.98 Å². The van der Waals surface area contributed by atoms with Crippen LogP contribution in [0.15, 0.2) is 53.5 Å². The average Bonchev–Trinajstić information content (AvgIpc) is 3.04. The van der Waals surface area contributed by atoms with Crippen molar-refractivity contribution in [1.29, 1.82) is 0 Å². The first kappa shape index (κ1) is 32.5. The number of aromatic nitrogens is 3. The van der Waals surface area contributed by atoms with E-state index in [9.17, 15) is 19.2 Å². The molecule has 2 aromatic heterocycles. The van der Waals surface area contributed by atoms with Crippen LogP contribution in [0.5, 0.6) is 11.5 Å². The molecular formula is C30H31ClN6O8. The monoisotopic (exact) mass is 638 g/mol. The zero-order chi connectivity index (χ0) is 32.7. The predicted octanol–water partition coefficient (Wildman–Crippen LogP) is 3.03. The highest BCUT2D eigenvalue weighted by molar-refractivity contribution is 6.32. The lowest BCUT2D eigenvalue weighted by Gasteiger charge is -2.16. The van der Waals surface area contributed by atoms with Crippen LogP contribution in [0, 0.1) is 0 Å². The zero-order valence-electron chi connectivity index (χ0n) is 25.2. The van der Waals surface area contributed by atoms with Gasteiger partial charge in [0.15, 0.2) is 18.2 Å². The largest absolute Gasteiger partial charge is 0.492 e. The van der Waals surface area contributed by atoms with Gasteiger partial charge in [0.25, 0.3) is 11.5 Å². The Bertz CT molecular complexity index is 1810. The van der Waals surface area contributed by atoms with Crippen LogP contribution in [-0.4, -0.2) is 81.0 Å². The van der Waals surface area contributed by atoms with Crippen LogP contribution in [0.2, 0.25) is 5.02 Å². The van der Waals surface area contributed by atoms with Gasteiger partial charge in [-0.1, -0.05) is 11.6 Å². The number of carbonyl (C=O) groups excluding carboxylic acids is 3. The van der Waals surface area contributed by atoms with Gasteiger partial charge in [-0.15, -0.1) is 0 Å². The molecule has 0 fully saturated rings. The number of amides is 1. The Morgan fingerprint density at radius 2 is 1.71 bits per heavy atom. The number of carbonyl (C=O) groups is 3. The standard InChI is InChI=1S/C30H31ClN6O8/c1-32-25(38)16-45-24-13-17-12-18(34-26-22(31)15-33-30(35-26)36(2)3)6-9-23(17)37(27(24)39)10-11-44-19-7-8-20(28(40)42-4)21(14-19)29(41)43-5/h6-9,12-15H,10-11,16H2,1-5H3,(H,32,38)(H,33,34,35). The molecule has 0 spiro atoms. The van der Waals surface area contributed by atoms with Gasteiger partial charge in [-0.3, -0.25) is 9.59 Å². The lowest BCUT2D eigenvalue weighted by Crippen LogP contribution is -2.29. The Morgan fingerprint density at radius 1 is 0.978 bits per heavy atom. The van der Waals surface area contributed by atoms with E-state index >= 15 is 0 Å². The zero-order valence-corrected chi connectivity index (χ0v) is 25.9. The van der Waals surface area contributed by atoms with Gasteiger partial charge in [0.05, 0.1) is 43.6 Å². The quantitative estimate of drug-likeness (QED) is 0.218. The number of nitrogens with zero attached hydrogens (tertiary/aromatic N) is 4. The van der Waals surface area contributed by atoms with Crippen LogP contribution < -0.4 is 30.6 Å². The fourth-order valence-electron chi connectivity index (χ4n) is 4.21. The number of likely N-dealkylation sites (N-methyl/N-ethyl adjacent to an activating group) is 1. The molecule has 45 heavy (non-hydrogen) atoms. The van der Waals surface area contributed by atoms with E-state index in [1.54, 1.807) is 29.2 Å². The highest BCUT2D eigenvalue weighted by Gasteiger charge is 2.20. The van der Waals surface area contributed by atoms with E-state index in [0.717, 1.165) is 0 Å². The number of anilines is 3. The number of fused-ring (bicyclic) bond motifs is 1. The van der Waals surface area contributed by atoms with Gasteiger partial charge >= 0.3 is 11.9 Å². The van der Waals surface area contributed by atoms with Crippen LogP contribution >= 0.6 is 11.6 Å². The lowest BCUT2D eigenvalue weighted by atomic mass is 10.1. The first-order valence-corrected chi connectivity index (χ1v) is 13.8. The van der Waals surface area contributed by atoms with Crippen molar-refractivity contribution in [3.63, 3.8) is 0 Å². The fraction of sp³-hybridized carbons (Fsp3) is 0.267. The van der Waals surface area contributed by atoms with Crippen molar-refractivity contribution in [3.8, 4) is 11.5 Å². The molecule has 4 aromatic rings. The molecule has 2 aromatic carbocycles. The lowest BCUT2D eigenvalue weighted by molar-refractivity contribution is -0.122. The number of halogens is 1. The maximum atomic E-state index is 13.5. The minimum atomic E-state index is -0.741. The molecule has 2 heterocycles. The molecule has 1 amide bonds. The summed E-state index contributed by atoms with van der Waals surface area (Å²) in [5.41, 5.74) is 0.676. The summed E-state index contributed by atoms with van der Waals surface area (Å²) in [7, 11) is 7.47. The molecule has 0 saturated carbocycles. The van der Waals surface area contributed by atoms with Crippen LogP contribution in [0.4, 0.5) is 17.5 Å². The van der Waals surface area contributed by atoms with Crippen LogP contribution in [-0.2, 0) is 20.8 Å². The first-order chi connectivity index (χ1) is 21.6. The fourth-order valence-corrected chi connectivity index (χ4v) is 4.35. The van der Waals surface area contributed by atoms with E-state index in [0.29, 0.717) is 33.4 Å². The van der Waals surface area contributed by atoms with Gasteiger partial charge in [-0.05, 0) is 42.5 Å². The molecule has 0 saturated heterocycles. The number of rotatable bonds is 12. The Kier molecular flexibility index (Phi) is 10.4. The van der Waals surface area contributed by atoms with Gasteiger partial charge in [0, 0.05) is 32.2 Å². The van der Waals surface area contributed by atoms with Gasteiger partial charge in [0.1, 0.15) is 17.4 Å². The number of methoxy groups -OCH3 is 2. The Labute approximate surface area is 262 Å². The molecule has 0 atom stereocenters. The van der Waals surface area contributed by atoms with Gasteiger partial charge in [-0.25, -0.2) is 14.6 Å². The molecule has 0 aliphatic heterocycles. The molecule has 0 radical (unpaired) electrons. The summed E-state index contributed by atoms with van der Waals surface area (Å²) >= 11 is 6.33. The number of esters is 2. The third-order valence-electron chi connectivity index (χ3n) is 6.48. The van der Waals surface area contributed by atoms with Crippen molar-refractivity contribution in [1.82, 2.24) is 19.9 Å². The average molecular weight is 639 g/mol. The molecule has 2 N–H and O–H groups in total. The summed E-state index contributed by atoms with van der Waals surface area (Å²) in [5.74, 6) is -0.799. The Morgan fingerprint density at radius 3 is 2.40 bits per heavy atom. The van der Waals surface area contributed by atoms with Crippen molar-refractivity contribution in [2.24, 2.45) is 0 Å². The van der Waals surface area contributed by atoms with E-state index in [2.05, 4.69) is 20.6 Å². The number of ether oxygens (including phenoxy) is 4. The highest BCUT2D eigenvalue weighted by Crippen LogP contribution is 2.28. The second-order valence-electron chi connectivity index (χ2n) is 9.63. The van der Waals surface area contributed by atoms with Crippen molar-refractivity contribution in [2.75, 3.05) is 58.8 Å². The third kappa shape index (κ3) is 7.59. The van der Waals surface area contributed by atoms with E-state index in [4.69, 9.17) is 30.5 Å². The number of benzene rings is 2. The topological polar surface area (TPSA) is 163 Å². The summed E-state index contributed by atoms with van der Waals surface area (Å²) in [6.45, 7) is -0.302. The summed E-state index contributed by atoms with van der Waals surface area (Å²) in [4.78, 5) is 60.1. The SMILES string of the molecule is CNC(=O)COc1cc2cc(Nc3nc(N(C)C)ncc3Cl)ccc2n(CCOc2ccc(C(=O)OC)c(C(=O)OC)c2)c1=O. The maximum Gasteiger partial charge on any atom is 0.338 e. The molecule has 0 unspecified atom stereocenters. The molecule has 15 heteroatoms.